The third-order valence-electron chi connectivity index (χ3n) is 3.16. The van der Waals surface area contributed by atoms with Gasteiger partial charge in [0.2, 0.25) is 5.91 Å². The molecule has 1 aliphatic rings. The maximum Gasteiger partial charge on any atom is 0.321 e. The number of hydrogen-bond acceptors (Lipinski definition) is 3. The molecule has 1 saturated carbocycles. The minimum absolute atomic E-state index is 0.143. The van der Waals surface area contributed by atoms with Gasteiger partial charge in [-0.15, -0.1) is 0 Å². The summed E-state index contributed by atoms with van der Waals surface area (Å²) < 4.78 is 26.3. The summed E-state index contributed by atoms with van der Waals surface area (Å²) in [6.45, 7) is 1.50. The van der Waals surface area contributed by atoms with E-state index in [0.29, 0.717) is 0 Å². The van der Waals surface area contributed by atoms with Crippen molar-refractivity contribution in [2.75, 3.05) is 6.54 Å². The Morgan fingerprint density at radius 3 is 2.67 bits per heavy atom. The molecule has 0 bridgehead atoms. The first-order valence-electron chi connectivity index (χ1n) is 6.74. The summed E-state index contributed by atoms with van der Waals surface area (Å²) in [5.41, 5.74) is 0.256. The topological polar surface area (TPSA) is 70.2 Å². The van der Waals surface area contributed by atoms with Crippen LogP contribution in [0.1, 0.15) is 31.4 Å². The van der Waals surface area contributed by atoms with Gasteiger partial charge in [-0.05, 0) is 25.8 Å². The van der Waals surface area contributed by atoms with Crippen LogP contribution in [-0.4, -0.2) is 24.5 Å². The van der Waals surface area contributed by atoms with E-state index in [1.165, 1.54) is 6.07 Å². The zero-order valence-corrected chi connectivity index (χ0v) is 11.6. The lowest BCUT2D eigenvalue weighted by Crippen LogP contribution is -2.44. The molecule has 7 heteroatoms. The maximum atomic E-state index is 13.5. The van der Waals surface area contributed by atoms with E-state index >= 15 is 0 Å². The van der Waals surface area contributed by atoms with E-state index in [-0.39, 0.29) is 18.2 Å². The first-order chi connectivity index (χ1) is 9.95. The number of carbonyl (C=O) groups excluding carboxylic acids is 2. The van der Waals surface area contributed by atoms with Gasteiger partial charge in [-0.1, -0.05) is 6.07 Å². The fourth-order valence-electron chi connectivity index (χ4n) is 1.83. The van der Waals surface area contributed by atoms with Gasteiger partial charge in [0.15, 0.2) is 0 Å². The molecule has 1 aromatic carbocycles. The molecule has 1 fully saturated rings. The highest BCUT2D eigenvalue weighted by Gasteiger charge is 2.24. The number of halogens is 2. The second-order valence-electron chi connectivity index (χ2n) is 5.06. The van der Waals surface area contributed by atoms with E-state index in [4.69, 9.17) is 0 Å². The number of imide groups is 1. The lowest BCUT2D eigenvalue weighted by Gasteiger charge is -2.14. The van der Waals surface area contributed by atoms with Crippen LogP contribution in [0.4, 0.5) is 13.6 Å². The number of nitrogens with one attached hydrogen (secondary N) is 3. The third kappa shape index (κ3) is 4.78. The van der Waals surface area contributed by atoms with Crippen molar-refractivity contribution in [2.24, 2.45) is 0 Å². The van der Waals surface area contributed by atoms with Gasteiger partial charge < -0.3 is 10.6 Å². The van der Waals surface area contributed by atoms with Crippen LogP contribution in [0.3, 0.4) is 0 Å². The fourth-order valence-corrected chi connectivity index (χ4v) is 1.83. The number of rotatable bonds is 5. The highest BCUT2D eigenvalue weighted by Crippen LogP contribution is 2.18. The Morgan fingerprint density at radius 1 is 1.33 bits per heavy atom. The van der Waals surface area contributed by atoms with E-state index in [1.807, 2.05) is 0 Å². The number of hydrogen-bond donors (Lipinski definition) is 3. The Hall–Kier alpha value is -2.02. The van der Waals surface area contributed by atoms with Gasteiger partial charge in [-0.25, -0.2) is 13.6 Å². The van der Waals surface area contributed by atoms with Crippen LogP contribution in [-0.2, 0) is 4.79 Å². The summed E-state index contributed by atoms with van der Waals surface area (Å²) >= 11 is 0. The van der Waals surface area contributed by atoms with Crippen LogP contribution in [0.15, 0.2) is 18.2 Å². The smallest absolute Gasteiger partial charge is 0.321 e. The lowest BCUT2D eigenvalue weighted by molar-refractivity contribution is -0.119. The van der Waals surface area contributed by atoms with Crippen molar-refractivity contribution in [1.29, 1.82) is 0 Å². The number of carbonyl (C=O) groups is 2. The van der Waals surface area contributed by atoms with Gasteiger partial charge in [-0.2, -0.15) is 0 Å². The van der Waals surface area contributed by atoms with E-state index < -0.39 is 29.6 Å². The van der Waals surface area contributed by atoms with Gasteiger partial charge in [0.1, 0.15) is 11.6 Å². The summed E-state index contributed by atoms with van der Waals surface area (Å²) in [5, 5.41) is 7.57. The van der Waals surface area contributed by atoms with Crippen LogP contribution in [0.2, 0.25) is 0 Å². The van der Waals surface area contributed by atoms with Crippen molar-refractivity contribution >= 4 is 11.9 Å². The number of urea groups is 1. The Morgan fingerprint density at radius 2 is 2.05 bits per heavy atom. The van der Waals surface area contributed by atoms with Crippen molar-refractivity contribution in [2.45, 2.75) is 31.8 Å². The van der Waals surface area contributed by atoms with E-state index in [0.717, 1.165) is 25.0 Å². The van der Waals surface area contributed by atoms with Crippen LogP contribution in [0, 0.1) is 11.6 Å². The predicted molar refractivity (Wildman–Crippen MR) is 72.5 cm³/mol. The molecule has 0 unspecified atom stereocenters. The van der Waals surface area contributed by atoms with Crippen LogP contribution in [0.5, 0.6) is 0 Å². The Kier molecular flexibility index (Phi) is 4.85. The van der Waals surface area contributed by atoms with Crippen molar-refractivity contribution in [1.82, 2.24) is 16.0 Å². The van der Waals surface area contributed by atoms with E-state index in [2.05, 4.69) is 16.0 Å². The summed E-state index contributed by atoms with van der Waals surface area (Å²) in [4.78, 5) is 22.9. The minimum atomic E-state index is -0.679. The van der Waals surface area contributed by atoms with Crippen LogP contribution < -0.4 is 16.0 Å². The van der Waals surface area contributed by atoms with Gasteiger partial charge in [0.25, 0.3) is 0 Å². The Balaban J connectivity index is 1.78. The second-order valence-corrected chi connectivity index (χ2v) is 5.06. The molecule has 0 radical (unpaired) electrons. The third-order valence-corrected chi connectivity index (χ3v) is 3.16. The second kappa shape index (κ2) is 6.62. The summed E-state index contributed by atoms with van der Waals surface area (Å²) in [5.74, 6) is -1.85. The molecule has 3 amide bonds. The van der Waals surface area contributed by atoms with Gasteiger partial charge in [0, 0.05) is 23.7 Å². The predicted octanol–water partition coefficient (Wildman–Crippen LogP) is 1.60. The Labute approximate surface area is 121 Å². The average Bonchev–Trinajstić information content (AvgIpc) is 3.19. The first kappa shape index (κ1) is 15.4. The van der Waals surface area contributed by atoms with Crippen molar-refractivity contribution < 1.29 is 18.4 Å². The summed E-state index contributed by atoms with van der Waals surface area (Å²) in [6.07, 6.45) is 1.86. The summed E-state index contributed by atoms with van der Waals surface area (Å²) in [6, 6.07) is 2.42. The van der Waals surface area contributed by atoms with Gasteiger partial charge in [-0.3, -0.25) is 10.1 Å². The molecule has 21 heavy (non-hydrogen) atoms. The fraction of sp³-hybridized carbons (Fsp3) is 0.429. The minimum Gasteiger partial charge on any atom is -0.335 e. The zero-order chi connectivity index (χ0) is 15.4. The molecular weight excluding hydrogens is 280 g/mol. The molecule has 0 spiro atoms. The van der Waals surface area contributed by atoms with Crippen LogP contribution in [0.25, 0.3) is 0 Å². The summed E-state index contributed by atoms with van der Waals surface area (Å²) in [7, 11) is 0. The van der Waals surface area contributed by atoms with Crippen LogP contribution >= 0.6 is 0 Å². The monoisotopic (exact) mass is 297 g/mol. The van der Waals surface area contributed by atoms with Gasteiger partial charge >= 0.3 is 6.03 Å². The SMILES string of the molecule is C[C@@H](NCC(=O)NC(=O)NC1CC1)c1ccc(F)cc1F. The lowest BCUT2D eigenvalue weighted by atomic mass is 10.1. The van der Waals surface area contributed by atoms with Crippen molar-refractivity contribution in [3.8, 4) is 0 Å². The molecule has 5 nitrogen and oxygen atoms in total. The highest BCUT2D eigenvalue weighted by molar-refractivity contribution is 5.95. The molecule has 1 aromatic rings. The number of amides is 3. The van der Waals surface area contributed by atoms with E-state index in [1.54, 1.807) is 6.92 Å². The largest absolute Gasteiger partial charge is 0.335 e. The molecule has 0 saturated heterocycles. The molecule has 3 N–H and O–H groups in total. The first-order valence-corrected chi connectivity index (χ1v) is 6.74. The highest BCUT2D eigenvalue weighted by atomic mass is 19.1. The number of benzene rings is 1. The molecule has 0 heterocycles. The average molecular weight is 297 g/mol. The Bertz CT molecular complexity index is 547. The van der Waals surface area contributed by atoms with Crippen molar-refractivity contribution in [3.63, 3.8) is 0 Å². The molecule has 1 aliphatic carbocycles. The van der Waals surface area contributed by atoms with Crippen molar-refractivity contribution in [3.05, 3.63) is 35.4 Å². The molecular formula is C14H17F2N3O2. The molecule has 114 valence electrons. The van der Waals surface area contributed by atoms with E-state index in [9.17, 15) is 18.4 Å². The molecule has 0 aliphatic heterocycles. The standard InChI is InChI=1S/C14H17F2N3O2/c1-8(11-5-2-9(15)6-12(11)16)17-7-13(20)19-14(21)18-10-3-4-10/h2,5-6,8,10,17H,3-4,7H2,1H3,(H2,18,19,20,21)/t8-/m1/s1. The molecule has 1 atom stereocenters. The molecule has 2 rings (SSSR count). The quantitative estimate of drug-likeness (QED) is 0.773. The maximum absolute atomic E-state index is 13.5. The normalized spacial score (nSPS) is 15.4. The van der Waals surface area contributed by atoms with Gasteiger partial charge in [0.05, 0.1) is 6.54 Å². The molecule has 0 aromatic heterocycles. The zero-order valence-electron chi connectivity index (χ0n) is 11.6.